The molecule has 11 heteroatoms. The van der Waals surface area contributed by atoms with Crippen molar-refractivity contribution < 1.29 is 14.6 Å². The van der Waals surface area contributed by atoms with Crippen LogP contribution in [0.4, 0.5) is 10.6 Å². The van der Waals surface area contributed by atoms with Crippen LogP contribution in [0.3, 0.4) is 0 Å². The summed E-state index contributed by atoms with van der Waals surface area (Å²) < 4.78 is 9.79. The molecule has 1 aliphatic carbocycles. The Balaban J connectivity index is 1.19. The highest BCUT2D eigenvalue weighted by Crippen LogP contribution is 2.39. The Labute approximate surface area is 268 Å². The van der Waals surface area contributed by atoms with Gasteiger partial charge >= 0.3 is 6.03 Å². The number of aromatic nitrogens is 3. The van der Waals surface area contributed by atoms with Gasteiger partial charge in [0.1, 0.15) is 34.7 Å². The molecule has 0 spiro atoms. The number of likely N-dealkylation sites (N-methyl/N-ethyl adjacent to an activating group) is 1. The predicted molar refractivity (Wildman–Crippen MR) is 177 cm³/mol. The van der Waals surface area contributed by atoms with Crippen LogP contribution >= 0.6 is 0 Å². The zero-order valence-corrected chi connectivity index (χ0v) is 26.7. The topological polar surface area (TPSA) is 144 Å². The van der Waals surface area contributed by atoms with Gasteiger partial charge in [0.15, 0.2) is 0 Å². The summed E-state index contributed by atoms with van der Waals surface area (Å²) >= 11 is 0. The molecule has 2 aromatic heterocycles. The smallest absolute Gasteiger partial charge is 0.320 e. The number of likely N-dealkylation sites (tertiary alicyclic amines) is 1. The Kier molecular flexibility index (Phi) is 8.43. The van der Waals surface area contributed by atoms with Crippen molar-refractivity contribution in [3.8, 4) is 17.2 Å². The number of benzene rings is 2. The number of anilines is 1. The molecule has 6 rings (SSSR count). The van der Waals surface area contributed by atoms with E-state index in [1.807, 2.05) is 37.4 Å². The van der Waals surface area contributed by atoms with E-state index in [2.05, 4.69) is 36.3 Å². The van der Waals surface area contributed by atoms with Crippen LogP contribution in [0.2, 0.25) is 0 Å². The van der Waals surface area contributed by atoms with E-state index in [1.165, 1.54) is 0 Å². The average molecular weight is 623 g/mol. The summed E-state index contributed by atoms with van der Waals surface area (Å²) in [6.45, 7) is 7.15. The molecule has 1 aliphatic heterocycles. The number of phenolic OH excluding ortho intramolecular Hbond substituents is 1. The molecule has 3 unspecified atom stereocenters. The number of fused-ring (bicyclic) bond motifs is 1. The molecule has 3 heterocycles. The number of nitrogens with zero attached hydrogens (tertiary/aromatic N) is 4. The van der Waals surface area contributed by atoms with Gasteiger partial charge in [-0.15, -0.1) is 0 Å². The van der Waals surface area contributed by atoms with Gasteiger partial charge in [-0.2, -0.15) is 5.10 Å². The van der Waals surface area contributed by atoms with Gasteiger partial charge in [-0.25, -0.2) is 9.48 Å². The maximum atomic E-state index is 13.4. The summed E-state index contributed by atoms with van der Waals surface area (Å²) in [6.07, 6.45) is 4.80. The van der Waals surface area contributed by atoms with E-state index >= 15 is 0 Å². The van der Waals surface area contributed by atoms with Crippen molar-refractivity contribution in [2.24, 2.45) is 0 Å². The molecular weight excluding hydrogens is 580 g/mol. The molecule has 0 saturated carbocycles. The van der Waals surface area contributed by atoms with Crippen LogP contribution in [-0.2, 0) is 5.41 Å². The van der Waals surface area contributed by atoms with Gasteiger partial charge in [0, 0.05) is 11.5 Å². The van der Waals surface area contributed by atoms with Gasteiger partial charge in [0.05, 0.1) is 29.7 Å². The van der Waals surface area contributed by atoms with Gasteiger partial charge in [0.25, 0.3) is 0 Å². The van der Waals surface area contributed by atoms with Crippen molar-refractivity contribution >= 4 is 17.7 Å². The van der Waals surface area contributed by atoms with E-state index < -0.39 is 0 Å². The number of hydrogen-bond donors (Lipinski definition) is 5. The summed E-state index contributed by atoms with van der Waals surface area (Å²) in [5, 5.41) is 37.9. The Bertz CT molecular complexity index is 1800. The zero-order chi connectivity index (χ0) is 32.6. The molecule has 0 radical (unpaired) electrons. The number of amides is 2. The number of urea groups is 1. The number of ether oxygens (including phenoxy) is 1. The second-order valence-corrected chi connectivity index (χ2v) is 13.2. The molecule has 2 amide bonds. The second kappa shape index (κ2) is 12.5. The number of carbonyl (C=O) groups excluding carboxylic acids is 1. The molecule has 2 aromatic carbocycles. The molecule has 1 fully saturated rings. The fourth-order valence-corrected chi connectivity index (χ4v) is 6.29. The first-order valence-corrected chi connectivity index (χ1v) is 15.8. The highest BCUT2D eigenvalue weighted by molar-refractivity contribution is 5.89. The van der Waals surface area contributed by atoms with Crippen molar-refractivity contribution in [3.63, 3.8) is 0 Å². The number of rotatable bonds is 6. The first-order valence-electron chi connectivity index (χ1n) is 15.8. The van der Waals surface area contributed by atoms with Gasteiger partial charge in [-0.1, -0.05) is 45.0 Å². The van der Waals surface area contributed by atoms with E-state index in [0.717, 1.165) is 41.9 Å². The number of pyridine rings is 1. The van der Waals surface area contributed by atoms with E-state index in [0.29, 0.717) is 30.2 Å². The molecule has 0 bridgehead atoms. The van der Waals surface area contributed by atoms with Crippen molar-refractivity contribution in [1.29, 1.82) is 10.8 Å². The van der Waals surface area contributed by atoms with Crippen LogP contribution in [0.25, 0.3) is 5.69 Å². The quantitative estimate of drug-likeness (QED) is 0.135. The Morgan fingerprint density at radius 1 is 1.02 bits per heavy atom. The maximum Gasteiger partial charge on any atom is 0.320 e. The fraction of sp³-hybridized carbons (Fsp3) is 0.371. The van der Waals surface area contributed by atoms with Crippen LogP contribution < -0.4 is 20.9 Å². The van der Waals surface area contributed by atoms with Crippen molar-refractivity contribution in [2.75, 3.05) is 18.9 Å². The molecule has 46 heavy (non-hydrogen) atoms. The highest BCUT2D eigenvalue weighted by atomic mass is 16.5. The standard InChI is InChI=1S/C35H42N8O3/c1-35(2,3)30-20-32(43(40-30)22-11-13-23(44)14-12-22)39-34(45)38-27-16-17-29(26-9-6-5-8-25(26)27)46-24-15-18-31(36)42(21-24)33(37)28-10-7-19-41(28)4/h5-6,8-9,11-15,18,20-21,27-29,36-37,44H,7,10,16-17,19H2,1-4H3,(H2,38,39,45). The minimum Gasteiger partial charge on any atom is -0.508 e. The number of aromatic hydroxyl groups is 1. The largest absolute Gasteiger partial charge is 0.508 e. The number of hydrogen-bond acceptors (Lipinski definition) is 7. The second-order valence-electron chi connectivity index (χ2n) is 13.2. The molecule has 5 N–H and O–H groups in total. The minimum absolute atomic E-state index is 0.0162. The normalized spacial score (nSPS) is 19.8. The Morgan fingerprint density at radius 2 is 1.76 bits per heavy atom. The third kappa shape index (κ3) is 6.41. The summed E-state index contributed by atoms with van der Waals surface area (Å²) in [7, 11) is 2.02. The molecule has 3 atom stereocenters. The SMILES string of the molecule is CN1CCCC1C(=N)n1cc(OC2CCC(NC(=O)Nc3cc(C(C)(C)C)nn3-c3ccc(O)cc3)c3ccccc32)ccc1=N. The predicted octanol–water partition coefficient (Wildman–Crippen LogP) is 5.85. The van der Waals surface area contributed by atoms with E-state index in [-0.39, 0.29) is 40.9 Å². The van der Waals surface area contributed by atoms with Crippen molar-refractivity contribution in [3.05, 3.63) is 95.2 Å². The lowest BCUT2D eigenvalue weighted by molar-refractivity contribution is 0.171. The van der Waals surface area contributed by atoms with Gasteiger partial charge in [-0.3, -0.25) is 25.6 Å². The molecule has 1 saturated heterocycles. The van der Waals surface area contributed by atoms with Crippen LogP contribution in [0, 0.1) is 10.8 Å². The number of phenols is 1. The van der Waals surface area contributed by atoms with Crippen LogP contribution in [0.5, 0.6) is 11.5 Å². The third-order valence-corrected chi connectivity index (χ3v) is 8.85. The van der Waals surface area contributed by atoms with E-state index in [9.17, 15) is 9.90 Å². The van der Waals surface area contributed by atoms with Crippen LogP contribution in [0.15, 0.2) is 72.9 Å². The Morgan fingerprint density at radius 3 is 2.46 bits per heavy atom. The van der Waals surface area contributed by atoms with Gasteiger partial charge in [0.2, 0.25) is 0 Å². The maximum absolute atomic E-state index is 13.4. The lowest BCUT2D eigenvalue weighted by Gasteiger charge is -2.32. The molecular formula is C35H42N8O3. The van der Waals surface area contributed by atoms with E-state index in [1.54, 1.807) is 51.8 Å². The Hall–Kier alpha value is -4.90. The van der Waals surface area contributed by atoms with Crippen molar-refractivity contribution in [1.82, 2.24) is 24.6 Å². The number of carbonyl (C=O) groups is 1. The molecule has 4 aromatic rings. The monoisotopic (exact) mass is 622 g/mol. The van der Waals surface area contributed by atoms with Crippen LogP contribution in [0.1, 0.15) is 75.4 Å². The average Bonchev–Trinajstić information content (AvgIpc) is 3.65. The third-order valence-electron chi connectivity index (χ3n) is 8.85. The molecule has 11 nitrogen and oxygen atoms in total. The molecule has 240 valence electrons. The van der Waals surface area contributed by atoms with Crippen LogP contribution in [-0.4, -0.2) is 55.9 Å². The summed E-state index contributed by atoms with van der Waals surface area (Å²) in [5.41, 5.74) is 3.54. The first-order chi connectivity index (χ1) is 22.0. The highest BCUT2D eigenvalue weighted by Gasteiger charge is 2.31. The lowest BCUT2D eigenvalue weighted by Crippen LogP contribution is -2.40. The van der Waals surface area contributed by atoms with Gasteiger partial charge < -0.3 is 15.2 Å². The minimum atomic E-state index is -0.345. The van der Waals surface area contributed by atoms with Gasteiger partial charge in [-0.05, 0) is 86.8 Å². The molecule has 2 aliphatic rings. The fourth-order valence-electron chi connectivity index (χ4n) is 6.29. The zero-order valence-electron chi connectivity index (χ0n) is 26.7. The number of nitrogens with one attached hydrogen (secondary N) is 4. The summed E-state index contributed by atoms with van der Waals surface area (Å²) in [5.74, 6) is 1.67. The first kappa shape index (κ1) is 31.1. The van der Waals surface area contributed by atoms with E-state index in [4.69, 9.17) is 20.7 Å². The summed E-state index contributed by atoms with van der Waals surface area (Å²) in [6, 6.07) is 19.4. The van der Waals surface area contributed by atoms with Crippen molar-refractivity contribution in [2.45, 2.75) is 70.1 Å². The summed E-state index contributed by atoms with van der Waals surface area (Å²) in [4.78, 5) is 15.6. The lowest BCUT2D eigenvalue weighted by atomic mass is 9.85.